The van der Waals surface area contributed by atoms with E-state index >= 15 is 0 Å². The van der Waals surface area contributed by atoms with Crippen LogP contribution in [0.4, 0.5) is 4.39 Å². The molecule has 0 aromatic heterocycles. The second-order valence-electron chi connectivity index (χ2n) is 3.94. The normalized spacial score (nSPS) is 12.3. The molecule has 0 spiro atoms. The van der Waals surface area contributed by atoms with E-state index in [4.69, 9.17) is 5.73 Å². The number of hydrogen-bond acceptors (Lipinski definition) is 2. The first-order chi connectivity index (χ1) is 6.50. The fourth-order valence-electron chi connectivity index (χ4n) is 1.46. The van der Waals surface area contributed by atoms with E-state index in [1.165, 1.54) is 18.2 Å². The van der Waals surface area contributed by atoms with Gasteiger partial charge < -0.3 is 10.8 Å². The topological polar surface area (TPSA) is 46.2 Å². The third kappa shape index (κ3) is 4.06. The molecule has 4 heteroatoms. The van der Waals surface area contributed by atoms with Crippen molar-refractivity contribution in [1.82, 2.24) is 0 Å². The highest BCUT2D eigenvalue weighted by atomic mass is 35.5. The molecule has 0 fully saturated rings. The number of rotatable bonds is 3. The summed E-state index contributed by atoms with van der Waals surface area (Å²) < 4.78 is 12.9. The third-order valence-corrected chi connectivity index (χ3v) is 2.11. The molecule has 0 aliphatic rings. The summed E-state index contributed by atoms with van der Waals surface area (Å²) in [6.45, 7) is 4.08. The summed E-state index contributed by atoms with van der Waals surface area (Å²) in [4.78, 5) is 0. The zero-order valence-corrected chi connectivity index (χ0v) is 9.72. The average Bonchev–Trinajstić information content (AvgIpc) is 2.08. The van der Waals surface area contributed by atoms with Crippen LogP contribution in [0.5, 0.6) is 5.75 Å². The van der Waals surface area contributed by atoms with Crippen LogP contribution in [0.15, 0.2) is 18.2 Å². The summed E-state index contributed by atoms with van der Waals surface area (Å²) in [5.41, 5.74) is 6.32. The number of benzene rings is 1. The Kier molecular flexibility index (Phi) is 5.61. The van der Waals surface area contributed by atoms with Gasteiger partial charge in [-0.1, -0.05) is 13.8 Å². The largest absolute Gasteiger partial charge is 0.508 e. The first-order valence-electron chi connectivity index (χ1n) is 4.74. The van der Waals surface area contributed by atoms with Gasteiger partial charge >= 0.3 is 0 Å². The molecule has 15 heavy (non-hydrogen) atoms. The minimum Gasteiger partial charge on any atom is -0.508 e. The summed E-state index contributed by atoms with van der Waals surface area (Å²) in [5, 5.41) is 9.47. The molecule has 0 unspecified atom stereocenters. The minimum atomic E-state index is -0.364. The van der Waals surface area contributed by atoms with Crippen LogP contribution in [0.25, 0.3) is 0 Å². The molecule has 0 radical (unpaired) electrons. The van der Waals surface area contributed by atoms with Gasteiger partial charge in [0.25, 0.3) is 0 Å². The summed E-state index contributed by atoms with van der Waals surface area (Å²) in [6.07, 6.45) is 0.733. The van der Waals surface area contributed by atoms with Gasteiger partial charge in [0.2, 0.25) is 0 Å². The lowest BCUT2D eigenvalue weighted by molar-refractivity contribution is 0.442. The van der Waals surface area contributed by atoms with E-state index in [1.54, 1.807) is 0 Å². The Morgan fingerprint density at radius 3 is 2.53 bits per heavy atom. The number of hydrogen-bond donors (Lipinski definition) is 2. The van der Waals surface area contributed by atoms with E-state index in [1.807, 2.05) is 13.8 Å². The Balaban J connectivity index is 0.00000196. The molecular weight excluding hydrogens is 217 g/mol. The van der Waals surface area contributed by atoms with Crippen molar-refractivity contribution < 1.29 is 9.50 Å². The Morgan fingerprint density at radius 1 is 1.40 bits per heavy atom. The molecule has 0 aliphatic carbocycles. The second-order valence-corrected chi connectivity index (χ2v) is 3.94. The summed E-state index contributed by atoms with van der Waals surface area (Å²) in [5.74, 6) is 0.129. The Bertz CT molecular complexity index is 317. The summed E-state index contributed by atoms with van der Waals surface area (Å²) >= 11 is 0. The Labute approximate surface area is 95.7 Å². The SMILES string of the molecule is CC(C)C[C@H](N)c1cc(F)ccc1O.Cl. The van der Waals surface area contributed by atoms with E-state index in [-0.39, 0.29) is 30.0 Å². The summed E-state index contributed by atoms with van der Waals surface area (Å²) in [6, 6.07) is 3.56. The fraction of sp³-hybridized carbons (Fsp3) is 0.455. The van der Waals surface area contributed by atoms with E-state index < -0.39 is 0 Å². The highest BCUT2D eigenvalue weighted by Crippen LogP contribution is 2.27. The predicted octanol–water partition coefficient (Wildman–Crippen LogP) is 3.00. The minimum absolute atomic E-state index is 0. The van der Waals surface area contributed by atoms with Crippen LogP contribution >= 0.6 is 12.4 Å². The quantitative estimate of drug-likeness (QED) is 0.843. The molecule has 1 aromatic rings. The van der Waals surface area contributed by atoms with Gasteiger partial charge in [-0.3, -0.25) is 0 Å². The van der Waals surface area contributed by atoms with Gasteiger partial charge in [0.05, 0.1) is 0 Å². The molecule has 3 N–H and O–H groups in total. The second kappa shape index (κ2) is 5.93. The Hall–Kier alpha value is -0.800. The van der Waals surface area contributed by atoms with Crippen molar-refractivity contribution in [3.63, 3.8) is 0 Å². The molecule has 0 saturated carbocycles. The molecule has 2 nitrogen and oxygen atoms in total. The van der Waals surface area contributed by atoms with Crippen LogP contribution < -0.4 is 5.73 Å². The zero-order valence-electron chi connectivity index (χ0n) is 8.90. The van der Waals surface area contributed by atoms with Crippen LogP contribution in [0.2, 0.25) is 0 Å². The maximum absolute atomic E-state index is 12.9. The lowest BCUT2D eigenvalue weighted by Crippen LogP contribution is -2.13. The Morgan fingerprint density at radius 2 is 2.00 bits per heavy atom. The van der Waals surface area contributed by atoms with Crippen molar-refractivity contribution in [3.05, 3.63) is 29.6 Å². The van der Waals surface area contributed by atoms with Crippen molar-refractivity contribution in [2.24, 2.45) is 11.7 Å². The van der Waals surface area contributed by atoms with E-state index in [0.29, 0.717) is 11.5 Å². The number of aromatic hydroxyl groups is 1. The van der Waals surface area contributed by atoms with Crippen molar-refractivity contribution in [2.45, 2.75) is 26.3 Å². The molecule has 0 aliphatic heterocycles. The maximum Gasteiger partial charge on any atom is 0.123 e. The molecule has 0 saturated heterocycles. The standard InChI is InChI=1S/C11H16FNO.ClH/c1-7(2)5-10(13)9-6-8(12)3-4-11(9)14;/h3-4,6-7,10,14H,5,13H2,1-2H3;1H/t10-;/m0./s1. The smallest absolute Gasteiger partial charge is 0.123 e. The molecule has 0 heterocycles. The molecule has 0 bridgehead atoms. The number of phenols is 1. The predicted molar refractivity (Wildman–Crippen MR) is 61.7 cm³/mol. The molecule has 86 valence electrons. The third-order valence-electron chi connectivity index (χ3n) is 2.11. The van der Waals surface area contributed by atoms with Gasteiger partial charge in [-0.05, 0) is 30.5 Å². The molecule has 1 aromatic carbocycles. The zero-order chi connectivity index (χ0) is 10.7. The van der Waals surface area contributed by atoms with Crippen molar-refractivity contribution in [3.8, 4) is 5.75 Å². The molecule has 0 amide bonds. The van der Waals surface area contributed by atoms with Gasteiger partial charge in [0, 0.05) is 11.6 Å². The van der Waals surface area contributed by atoms with Gasteiger partial charge in [-0.25, -0.2) is 4.39 Å². The van der Waals surface area contributed by atoms with E-state index in [2.05, 4.69) is 0 Å². The molecule has 1 atom stereocenters. The fourth-order valence-corrected chi connectivity index (χ4v) is 1.46. The van der Waals surface area contributed by atoms with Crippen molar-refractivity contribution >= 4 is 12.4 Å². The first-order valence-corrected chi connectivity index (χ1v) is 4.74. The highest BCUT2D eigenvalue weighted by Gasteiger charge is 2.13. The van der Waals surface area contributed by atoms with Crippen LogP contribution in [0.1, 0.15) is 31.9 Å². The molecule has 1 rings (SSSR count). The van der Waals surface area contributed by atoms with Gasteiger partial charge in [0.15, 0.2) is 0 Å². The number of halogens is 2. The van der Waals surface area contributed by atoms with Crippen LogP contribution in [0.3, 0.4) is 0 Å². The maximum atomic E-state index is 12.9. The van der Waals surface area contributed by atoms with Crippen LogP contribution in [-0.2, 0) is 0 Å². The van der Waals surface area contributed by atoms with Gasteiger partial charge in [-0.2, -0.15) is 0 Å². The highest BCUT2D eigenvalue weighted by molar-refractivity contribution is 5.85. The lowest BCUT2D eigenvalue weighted by Gasteiger charge is -2.15. The van der Waals surface area contributed by atoms with Crippen molar-refractivity contribution in [2.75, 3.05) is 0 Å². The first kappa shape index (κ1) is 14.2. The lowest BCUT2D eigenvalue weighted by atomic mass is 9.97. The average molecular weight is 234 g/mol. The van der Waals surface area contributed by atoms with E-state index in [9.17, 15) is 9.50 Å². The van der Waals surface area contributed by atoms with Gasteiger partial charge in [-0.15, -0.1) is 12.4 Å². The van der Waals surface area contributed by atoms with Gasteiger partial charge in [0.1, 0.15) is 11.6 Å². The van der Waals surface area contributed by atoms with Crippen LogP contribution in [-0.4, -0.2) is 5.11 Å². The number of phenolic OH excluding ortho intramolecular Hbond substituents is 1. The summed E-state index contributed by atoms with van der Waals surface area (Å²) in [7, 11) is 0. The van der Waals surface area contributed by atoms with E-state index in [0.717, 1.165) is 6.42 Å². The number of nitrogens with two attached hydrogens (primary N) is 1. The van der Waals surface area contributed by atoms with Crippen molar-refractivity contribution in [1.29, 1.82) is 0 Å². The monoisotopic (exact) mass is 233 g/mol. The van der Waals surface area contributed by atoms with Crippen LogP contribution in [0, 0.1) is 11.7 Å². The molecular formula is C11H17ClFNO.